The van der Waals surface area contributed by atoms with Crippen molar-refractivity contribution >= 4 is 11.8 Å². The lowest BCUT2D eigenvalue weighted by atomic mass is 10.0. The fourth-order valence-corrected chi connectivity index (χ4v) is 2.54. The summed E-state index contributed by atoms with van der Waals surface area (Å²) in [6.07, 6.45) is 0. The second-order valence-corrected chi connectivity index (χ2v) is 5.55. The molecule has 2 aromatic carbocycles. The smallest absolute Gasteiger partial charge is 0.0231 e. The molecule has 17 heavy (non-hydrogen) atoms. The van der Waals surface area contributed by atoms with E-state index in [9.17, 15) is 0 Å². The molecular formula is C16H18S. The van der Waals surface area contributed by atoms with Gasteiger partial charge in [-0.15, -0.1) is 11.8 Å². The Hall–Kier alpha value is -1.21. The Morgan fingerprint density at radius 2 is 1.53 bits per heavy atom. The van der Waals surface area contributed by atoms with Gasteiger partial charge in [0.1, 0.15) is 0 Å². The van der Waals surface area contributed by atoms with Crippen LogP contribution in [-0.4, -0.2) is 0 Å². The van der Waals surface area contributed by atoms with E-state index < -0.39 is 0 Å². The van der Waals surface area contributed by atoms with Crippen molar-refractivity contribution in [2.75, 3.05) is 0 Å². The number of hydrogen-bond acceptors (Lipinski definition) is 1. The first kappa shape index (κ1) is 12.3. The molecule has 0 radical (unpaired) electrons. The van der Waals surface area contributed by atoms with Gasteiger partial charge in [0, 0.05) is 10.6 Å². The Kier molecular flexibility index (Phi) is 4.27. The van der Waals surface area contributed by atoms with Crippen LogP contribution in [0.5, 0.6) is 0 Å². The first-order chi connectivity index (χ1) is 8.25. The minimum atomic E-state index is 0.614. The fourth-order valence-electron chi connectivity index (χ4n) is 1.69. The van der Waals surface area contributed by atoms with Crippen LogP contribution in [0.25, 0.3) is 0 Å². The molecule has 0 aliphatic rings. The molecule has 0 aliphatic carbocycles. The molecule has 0 aromatic heterocycles. The lowest BCUT2D eigenvalue weighted by Gasteiger charge is -2.06. The van der Waals surface area contributed by atoms with E-state index in [1.165, 1.54) is 16.0 Å². The molecule has 0 saturated carbocycles. The highest BCUT2D eigenvalue weighted by Crippen LogP contribution is 2.24. The number of benzene rings is 2. The van der Waals surface area contributed by atoms with Crippen LogP contribution in [0.15, 0.2) is 59.5 Å². The van der Waals surface area contributed by atoms with Crippen molar-refractivity contribution in [2.45, 2.75) is 30.4 Å². The molecule has 0 fully saturated rings. The quantitative estimate of drug-likeness (QED) is 0.672. The summed E-state index contributed by atoms with van der Waals surface area (Å²) in [6.45, 7) is 4.46. The maximum atomic E-state index is 2.23. The maximum Gasteiger partial charge on any atom is 0.0231 e. The summed E-state index contributed by atoms with van der Waals surface area (Å²) in [6, 6.07) is 19.5. The summed E-state index contributed by atoms with van der Waals surface area (Å²) in [5, 5.41) is 0. The third kappa shape index (κ3) is 3.64. The van der Waals surface area contributed by atoms with E-state index in [0.717, 1.165) is 5.75 Å². The Morgan fingerprint density at radius 1 is 0.882 bits per heavy atom. The van der Waals surface area contributed by atoms with Gasteiger partial charge in [-0.3, -0.25) is 0 Å². The van der Waals surface area contributed by atoms with Crippen LogP contribution in [0.3, 0.4) is 0 Å². The second kappa shape index (κ2) is 5.92. The molecule has 0 atom stereocenters. The van der Waals surface area contributed by atoms with Crippen molar-refractivity contribution in [3.05, 3.63) is 65.7 Å². The van der Waals surface area contributed by atoms with Crippen LogP contribution in [-0.2, 0) is 5.75 Å². The second-order valence-electron chi connectivity index (χ2n) is 4.50. The maximum absolute atomic E-state index is 2.23. The Morgan fingerprint density at radius 3 is 2.12 bits per heavy atom. The molecule has 88 valence electrons. The Labute approximate surface area is 108 Å². The summed E-state index contributed by atoms with van der Waals surface area (Å²) >= 11 is 1.89. The number of rotatable bonds is 4. The first-order valence-electron chi connectivity index (χ1n) is 6.02. The zero-order valence-electron chi connectivity index (χ0n) is 10.4. The van der Waals surface area contributed by atoms with E-state index in [0.29, 0.717) is 5.92 Å². The van der Waals surface area contributed by atoms with Crippen molar-refractivity contribution in [3.8, 4) is 0 Å². The third-order valence-corrected chi connectivity index (χ3v) is 3.88. The predicted octanol–water partition coefficient (Wildman–Crippen LogP) is 5.10. The van der Waals surface area contributed by atoms with Crippen LogP contribution in [0, 0.1) is 0 Å². The zero-order valence-corrected chi connectivity index (χ0v) is 11.2. The van der Waals surface area contributed by atoms with Gasteiger partial charge in [0.2, 0.25) is 0 Å². The largest absolute Gasteiger partial charge is 0.121 e. The summed E-state index contributed by atoms with van der Waals surface area (Å²) in [7, 11) is 0. The van der Waals surface area contributed by atoms with Crippen molar-refractivity contribution in [1.29, 1.82) is 0 Å². The monoisotopic (exact) mass is 242 g/mol. The van der Waals surface area contributed by atoms with Crippen molar-refractivity contribution in [2.24, 2.45) is 0 Å². The average molecular weight is 242 g/mol. The topological polar surface area (TPSA) is 0 Å². The summed E-state index contributed by atoms with van der Waals surface area (Å²) in [5.74, 6) is 1.66. The van der Waals surface area contributed by atoms with Crippen LogP contribution < -0.4 is 0 Å². The van der Waals surface area contributed by atoms with Gasteiger partial charge >= 0.3 is 0 Å². The Balaban J connectivity index is 1.96. The number of thioether (sulfide) groups is 1. The minimum absolute atomic E-state index is 0.614. The molecular weight excluding hydrogens is 224 g/mol. The van der Waals surface area contributed by atoms with Gasteiger partial charge < -0.3 is 0 Å². The van der Waals surface area contributed by atoms with E-state index >= 15 is 0 Å². The van der Waals surface area contributed by atoms with Crippen LogP contribution in [0.4, 0.5) is 0 Å². The summed E-state index contributed by atoms with van der Waals surface area (Å²) < 4.78 is 0. The van der Waals surface area contributed by atoms with Gasteiger partial charge in [0.05, 0.1) is 0 Å². The van der Waals surface area contributed by atoms with E-state index in [2.05, 4.69) is 68.4 Å². The van der Waals surface area contributed by atoms with Crippen molar-refractivity contribution in [1.82, 2.24) is 0 Å². The predicted molar refractivity (Wildman–Crippen MR) is 76.5 cm³/mol. The van der Waals surface area contributed by atoms with E-state index in [1.54, 1.807) is 0 Å². The summed E-state index contributed by atoms with van der Waals surface area (Å²) in [5.41, 5.74) is 2.79. The molecule has 0 unspecified atom stereocenters. The zero-order chi connectivity index (χ0) is 12.1. The van der Waals surface area contributed by atoms with E-state index in [-0.39, 0.29) is 0 Å². The molecule has 1 heteroatoms. The van der Waals surface area contributed by atoms with E-state index in [1.807, 2.05) is 11.8 Å². The number of hydrogen-bond donors (Lipinski definition) is 0. The first-order valence-corrected chi connectivity index (χ1v) is 7.01. The van der Waals surface area contributed by atoms with Crippen molar-refractivity contribution in [3.63, 3.8) is 0 Å². The molecule has 2 rings (SSSR count). The van der Waals surface area contributed by atoms with Crippen LogP contribution in [0.1, 0.15) is 30.9 Å². The molecule has 0 nitrogen and oxygen atoms in total. The molecule has 0 N–H and O–H groups in total. The minimum Gasteiger partial charge on any atom is -0.121 e. The SMILES string of the molecule is CC(C)c1ccc(SCc2ccccc2)cc1. The Bertz CT molecular complexity index is 443. The van der Waals surface area contributed by atoms with Crippen LogP contribution >= 0.6 is 11.8 Å². The third-order valence-electron chi connectivity index (χ3n) is 2.80. The van der Waals surface area contributed by atoms with Gasteiger partial charge in [-0.1, -0.05) is 56.3 Å². The van der Waals surface area contributed by atoms with Gasteiger partial charge in [-0.2, -0.15) is 0 Å². The van der Waals surface area contributed by atoms with Gasteiger partial charge in [0.25, 0.3) is 0 Å². The molecule has 0 spiro atoms. The van der Waals surface area contributed by atoms with Crippen molar-refractivity contribution < 1.29 is 0 Å². The highest BCUT2D eigenvalue weighted by atomic mass is 32.2. The summed E-state index contributed by atoms with van der Waals surface area (Å²) in [4.78, 5) is 1.35. The molecule has 0 aliphatic heterocycles. The standard InChI is InChI=1S/C16H18S/c1-13(2)15-8-10-16(11-9-15)17-12-14-6-4-3-5-7-14/h3-11,13H,12H2,1-2H3. The van der Waals surface area contributed by atoms with Crippen LogP contribution in [0.2, 0.25) is 0 Å². The molecule has 2 aromatic rings. The van der Waals surface area contributed by atoms with Gasteiger partial charge in [0.15, 0.2) is 0 Å². The molecule has 0 amide bonds. The average Bonchev–Trinajstić information content (AvgIpc) is 2.38. The molecule has 0 heterocycles. The van der Waals surface area contributed by atoms with E-state index in [4.69, 9.17) is 0 Å². The van der Waals surface area contributed by atoms with Gasteiger partial charge in [-0.05, 0) is 29.2 Å². The highest BCUT2D eigenvalue weighted by Gasteiger charge is 1.99. The molecule has 0 saturated heterocycles. The fraction of sp³-hybridized carbons (Fsp3) is 0.250. The lowest BCUT2D eigenvalue weighted by molar-refractivity contribution is 0.865. The normalized spacial score (nSPS) is 10.8. The van der Waals surface area contributed by atoms with Gasteiger partial charge in [-0.25, -0.2) is 0 Å². The highest BCUT2D eigenvalue weighted by molar-refractivity contribution is 7.98. The molecule has 0 bridgehead atoms. The lowest BCUT2D eigenvalue weighted by Crippen LogP contribution is -1.86.